The minimum absolute atomic E-state index is 0.000749. The fourth-order valence-electron chi connectivity index (χ4n) is 4.02. The molecule has 7 heteroatoms. The summed E-state index contributed by atoms with van der Waals surface area (Å²) in [5.74, 6) is 1.60. The Hall–Kier alpha value is -2.18. The molecule has 1 amide bonds. The van der Waals surface area contributed by atoms with Crippen LogP contribution in [0.2, 0.25) is 0 Å². The molecule has 0 aliphatic carbocycles. The first kappa shape index (κ1) is 19.2. The van der Waals surface area contributed by atoms with E-state index in [0.717, 1.165) is 41.6 Å². The first-order valence-electron chi connectivity index (χ1n) is 9.74. The van der Waals surface area contributed by atoms with Gasteiger partial charge in [-0.05, 0) is 13.8 Å². The third kappa shape index (κ3) is 3.84. The van der Waals surface area contributed by atoms with Crippen molar-refractivity contribution >= 4 is 23.3 Å². The second kappa shape index (κ2) is 8.05. The Morgan fingerprint density at radius 1 is 1.18 bits per heavy atom. The van der Waals surface area contributed by atoms with Gasteiger partial charge in [-0.15, -0.1) is 11.6 Å². The molecule has 2 aromatic rings. The molecular weight excluding hydrogens is 376 g/mol. The van der Waals surface area contributed by atoms with E-state index >= 15 is 0 Å². The molecule has 2 atom stereocenters. The SMILES string of the molecule is C[C@@H]1CN(c2nc(-c3ccccc3)nc3c2CN(C(=O)CCl)CC3)C[C@H](C)O1. The molecule has 6 nitrogen and oxygen atoms in total. The summed E-state index contributed by atoms with van der Waals surface area (Å²) in [4.78, 5) is 26.1. The van der Waals surface area contributed by atoms with Crippen LogP contribution in [-0.4, -0.2) is 58.5 Å². The summed E-state index contributed by atoms with van der Waals surface area (Å²) in [6.45, 7) is 6.84. The fraction of sp³-hybridized carbons (Fsp3) is 0.476. The van der Waals surface area contributed by atoms with E-state index in [1.54, 1.807) is 4.90 Å². The summed E-state index contributed by atoms with van der Waals surface area (Å²) in [7, 11) is 0. The van der Waals surface area contributed by atoms with Gasteiger partial charge in [0.25, 0.3) is 0 Å². The van der Waals surface area contributed by atoms with Gasteiger partial charge < -0.3 is 14.5 Å². The van der Waals surface area contributed by atoms with Crippen molar-refractivity contribution in [1.82, 2.24) is 14.9 Å². The number of carbonyl (C=O) groups is 1. The van der Waals surface area contributed by atoms with Crippen LogP contribution in [0.15, 0.2) is 30.3 Å². The maximum Gasteiger partial charge on any atom is 0.237 e. The Morgan fingerprint density at radius 2 is 1.89 bits per heavy atom. The van der Waals surface area contributed by atoms with Crippen molar-refractivity contribution in [2.75, 3.05) is 30.4 Å². The van der Waals surface area contributed by atoms with Crippen LogP contribution < -0.4 is 4.90 Å². The monoisotopic (exact) mass is 400 g/mol. The van der Waals surface area contributed by atoms with Gasteiger partial charge in [-0.3, -0.25) is 4.79 Å². The molecule has 0 radical (unpaired) electrons. The normalized spacial score (nSPS) is 22.1. The zero-order valence-electron chi connectivity index (χ0n) is 16.3. The van der Waals surface area contributed by atoms with Crippen molar-refractivity contribution in [1.29, 1.82) is 0 Å². The summed E-state index contributed by atoms with van der Waals surface area (Å²) in [6.07, 6.45) is 0.959. The Labute approximate surface area is 170 Å². The quantitative estimate of drug-likeness (QED) is 0.741. The maximum atomic E-state index is 12.2. The standard InChI is InChI=1S/C21H25ClN4O2/c1-14-11-26(12-15(2)28-14)21-17-13-25(19(27)10-22)9-8-18(17)23-20(24-21)16-6-4-3-5-7-16/h3-7,14-15H,8-13H2,1-2H3/t14-,15+. The smallest absolute Gasteiger partial charge is 0.237 e. The lowest BCUT2D eigenvalue weighted by atomic mass is 10.0. The molecule has 1 saturated heterocycles. The molecule has 0 spiro atoms. The average molecular weight is 401 g/mol. The number of amides is 1. The summed E-state index contributed by atoms with van der Waals surface area (Å²) < 4.78 is 5.91. The molecule has 1 fully saturated rings. The van der Waals surface area contributed by atoms with Crippen LogP contribution in [0.5, 0.6) is 0 Å². The molecule has 0 unspecified atom stereocenters. The van der Waals surface area contributed by atoms with E-state index in [1.807, 2.05) is 30.3 Å². The Kier molecular flexibility index (Phi) is 5.51. The maximum absolute atomic E-state index is 12.2. The molecule has 1 aromatic carbocycles. The number of morpholine rings is 1. The zero-order valence-corrected chi connectivity index (χ0v) is 17.0. The molecule has 148 valence electrons. The predicted molar refractivity (Wildman–Crippen MR) is 110 cm³/mol. The lowest BCUT2D eigenvalue weighted by Gasteiger charge is -2.38. The largest absolute Gasteiger partial charge is 0.372 e. The molecule has 0 saturated carbocycles. The summed E-state index contributed by atoms with van der Waals surface area (Å²) in [5.41, 5.74) is 3.06. The van der Waals surface area contributed by atoms with Gasteiger partial charge in [0, 0.05) is 37.2 Å². The summed E-state index contributed by atoms with van der Waals surface area (Å²) in [6, 6.07) is 10.0. The van der Waals surface area contributed by atoms with Crippen molar-refractivity contribution in [3.63, 3.8) is 0 Å². The Balaban J connectivity index is 1.78. The van der Waals surface area contributed by atoms with Crippen LogP contribution in [0.4, 0.5) is 5.82 Å². The number of carbonyl (C=O) groups excluding carboxylic acids is 1. The van der Waals surface area contributed by atoms with Gasteiger partial charge in [0.15, 0.2) is 5.82 Å². The van der Waals surface area contributed by atoms with Crippen LogP contribution in [-0.2, 0) is 22.5 Å². The van der Waals surface area contributed by atoms with E-state index < -0.39 is 0 Å². The number of halogens is 1. The molecule has 4 rings (SSSR count). The van der Waals surface area contributed by atoms with Gasteiger partial charge in [0.2, 0.25) is 5.91 Å². The predicted octanol–water partition coefficient (Wildman–Crippen LogP) is 2.88. The van der Waals surface area contributed by atoms with Crippen LogP contribution in [0.25, 0.3) is 11.4 Å². The molecule has 0 bridgehead atoms. The number of ether oxygens (including phenoxy) is 1. The van der Waals surface area contributed by atoms with Crippen molar-refractivity contribution < 1.29 is 9.53 Å². The van der Waals surface area contributed by atoms with Gasteiger partial charge in [-0.25, -0.2) is 9.97 Å². The first-order chi connectivity index (χ1) is 13.5. The van der Waals surface area contributed by atoms with Crippen molar-refractivity contribution in [3.8, 4) is 11.4 Å². The number of fused-ring (bicyclic) bond motifs is 1. The van der Waals surface area contributed by atoms with Gasteiger partial charge in [0.1, 0.15) is 11.7 Å². The number of anilines is 1. The van der Waals surface area contributed by atoms with E-state index in [4.69, 9.17) is 26.3 Å². The molecule has 0 N–H and O–H groups in total. The van der Waals surface area contributed by atoms with Crippen LogP contribution in [0, 0.1) is 0 Å². The molecule has 2 aliphatic heterocycles. The van der Waals surface area contributed by atoms with E-state index in [0.29, 0.717) is 19.5 Å². The minimum atomic E-state index is -0.0471. The van der Waals surface area contributed by atoms with E-state index in [1.165, 1.54) is 0 Å². The first-order valence-corrected chi connectivity index (χ1v) is 10.3. The van der Waals surface area contributed by atoms with E-state index in [-0.39, 0.29) is 24.0 Å². The highest BCUT2D eigenvalue weighted by Crippen LogP contribution is 2.31. The molecule has 28 heavy (non-hydrogen) atoms. The van der Waals surface area contributed by atoms with Crippen molar-refractivity contribution in [3.05, 3.63) is 41.6 Å². The number of alkyl halides is 1. The summed E-state index contributed by atoms with van der Waals surface area (Å²) >= 11 is 5.79. The van der Waals surface area contributed by atoms with Gasteiger partial charge in [-0.1, -0.05) is 30.3 Å². The zero-order chi connectivity index (χ0) is 19.7. The van der Waals surface area contributed by atoms with E-state index in [9.17, 15) is 4.79 Å². The number of nitrogens with zero attached hydrogens (tertiary/aromatic N) is 4. The minimum Gasteiger partial charge on any atom is -0.372 e. The fourth-order valence-corrected chi connectivity index (χ4v) is 4.19. The number of hydrogen-bond donors (Lipinski definition) is 0. The molecular formula is C21H25ClN4O2. The topological polar surface area (TPSA) is 58.6 Å². The van der Waals surface area contributed by atoms with E-state index in [2.05, 4.69) is 18.7 Å². The number of aromatic nitrogens is 2. The highest BCUT2D eigenvalue weighted by atomic mass is 35.5. The average Bonchev–Trinajstić information content (AvgIpc) is 2.72. The lowest BCUT2D eigenvalue weighted by molar-refractivity contribution is -0.129. The van der Waals surface area contributed by atoms with Gasteiger partial charge >= 0.3 is 0 Å². The summed E-state index contributed by atoms with van der Waals surface area (Å²) in [5, 5.41) is 0. The number of hydrogen-bond acceptors (Lipinski definition) is 5. The Morgan fingerprint density at radius 3 is 2.57 bits per heavy atom. The number of benzene rings is 1. The number of rotatable bonds is 3. The Bertz CT molecular complexity index is 851. The molecule has 3 heterocycles. The molecule has 1 aromatic heterocycles. The van der Waals surface area contributed by atoms with Gasteiger partial charge in [-0.2, -0.15) is 0 Å². The third-order valence-corrected chi connectivity index (χ3v) is 5.49. The highest BCUT2D eigenvalue weighted by molar-refractivity contribution is 6.27. The van der Waals surface area contributed by atoms with Crippen LogP contribution in [0.1, 0.15) is 25.1 Å². The molecule has 2 aliphatic rings. The highest BCUT2D eigenvalue weighted by Gasteiger charge is 2.30. The van der Waals surface area contributed by atoms with Crippen molar-refractivity contribution in [2.45, 2.75) is 39.0 Å². The van der Waals surface area contributed by atoms with Gasteiger partial charge in [0.05, 0.1) is 24.4 Å². The van der Waals surface area contributed by atoms with Crippen LogP contribution >= 0.6 is 11.6 Å². The van der Waals surface area contributed by atoms with Crippen LogP contribution in [0.3, 0.4) is 0 Å². The lowest BCUT2D eigenvalue weighted by Crippen LogP contribution is -2.47. The van der Waals surface area contributed by atoms with Crippen molar-refractivity contribution in [2.24, 2.45) is 0 Å². The third-order valence-electron chi connectivity index (χ3n) is 5.26. The second-order valence-electron chi connectivity index (χ2n) is 7.52. The second-order valence-corrected chi connectivity index (χ2v) is 7.79.